The molecular weight excluding hydrogens is 301 g/mol. The maximum Gasteiger partial charge on any atom is 0.191 e. The summed E-state index contributed by atoms with van der Waals surface area (Å²) in [5, 5.41) is 7.36. The lowest BCUT2D eigenvalue weighted by atomic mass is 10.1. The minimum atomic E-state index is -0.325. The molecule has 6 heteroatoms. The van der Waals surface area contributed by atoms with E-state index in [1.165, 1.54) is 6.07 Å². The van der Waals surface area contributed by atoms with Crippen LogP contribution in [0.5, 0.6) is 5.75 Å². The number of halogens is 1. The van der Waals surface area contributed by atoms with E-state index in [1.807, 2.05) is 24.3 Å². The predicted molar refractivity (Wildman–Crippen MR) is 91.0 cm³/mol. The Labute approximate surface area is 134 Å². The highest BCUT2D eigenvalue weighted by Gasteiger charge is 2.05. The van der Waals surface area contributed by atoms with Crippen LogP contribution in [0.1, 0.15) is 12.5 Å². The molecule has 0 fully saturated rings. The number of benzene rings is 2. The summed E-state index contributed by atoms with van der Waals surface area (Å²) in [5.74, 6) is 0.343. The number of anilines is 1. The number of ether oxygens (including phenoxy) is 1. The molecule has 2 N–H and O–H groups in total. The molecule has 0 atom stereocenters. The number of methoxy groups -OCH3 is 1. The zero-order valence-electron chi connectivity index (χ0n) is 12.3. The van der Waals surface area contributed by atoms with Crippen molar-refractivity contribution in [2.24, 2.45) is 5.10 Å². The van der Waals surface area contributed by atoms with Crippen molar-refractivity contribution in [3.63, 3.8) is 0 Å². The number of hydrogen-bond acceptors (Lipinski definition) is 3. The van der Waals surface area contributed by atoms with E-state index in [1.54, 1.807) is 32.2 Å². The molecule has 0 radical (unpaired) electrons. The maximum absolute atomic E-state index is 13.6. The van der Waals surface area contributed by atoms with Gasteiger partial charge in [0.2, 0.25) is 0 Å². The summed E-state index contributed by atoms with van der Waals surface area (Å²) in [4.78, 5) is 0. The molecule has 0 aliphatic rings. The van der Waals surface area contributed by atoms with Crippen molar-refractivity contribution in [2.45, 2.75) is 6.92 Å². The Balaban J connectivity index is 2.03. The van der Waals surface area contributed by atoms with Gasteiger partial charge in [0.15, 0.2) is 5.11 Å². The van der Waals surface area contributed by atoms with Crippen molar-refractivity contribution in [3.05, 3.63) is 59.9 Å². The maximum atomic E-state index is 13.6. The fourth-order valence-corrected chi connectivity index (χ4v) is 2.00. The third-order valence-electron chi connectivity index (χ3n) is 2.94. The van der Waals surface area contributed by atoms with Crippen LogP contribution < -0.4 is 15.5 Å². The zero-order valence-corrected chi connectivity index (χ0v) is 13.1. The van der Waals surface area contributed by atoms with Crippen LogP contribution in [0.25, 0.3) is 0 Å². The minimum Gasteiger partial charge on any atom is -0.495 e. The van der Waals surface area contributed by atoms with E-state index in [-0.39, 0.29) is 5.82 Å². The highest BCUT2D eigenvalue weighted by atomic mass is 32.1. The van der Waals surface area contributed by atoms with Gasteiger partial charge in [0.05, 0.1) is 18.5 Å². The van der Waals surface area contributed by atoms with Gasteiger partial charge < -0.3 is 10.1 Å². The first-order chi connectivity index (χ1) is 10.6. The van der Waals surface area contributed by atoms with Crippen LogP contribution in [0, 0.1) is 5.82 Å². The van der Waals surface area contributed by atoms with Crippen LogP contribution in [0.4, 0.5) is 10.1 Å². The van der Waals surface area contributed by atoms with Crippen molar-refractivity contribution in [3.8, 4) is 5.75 Å². The lowest BCUT2D eigenvalue weighted by Crippen LogP contribution is -2.25. The van der Waals surface area contributed by atoms with E-state index in [2.05, 4.69) is 15.8 Å². The van der Waals surface area contributed by atoms with Gasteiger partial charge in [0.1, 0.15) is 11.6 Å². The van der Waals surface area contributed by atoms with E-state index in [4.69, 9.17) is 17.0 Å². The van der Waals surface area contributed by atoms with Gasteiger partial charge in [-0.2, -0.15) is 5.10 Å². The van der Waals surface area contributed by atoms with E-state index < -0.39 is 0 Å². The summed E-state index contributed by atoms with van der Waals surface area (Å²) >= 11 is 5.17. The molecule has 0 amide bonds. The van der Waals surface area contributed by atoms with Crippen LogP contribution in [0.3, 0.4) is 0 Å². The Bertz CT molecular complexity index is 703. The number of hydrogen-bond donors (Lipinski definition) is 2. The zero-order chi connectivity index (χ0) is 15.9. The molecule has 0 unspecified atom stereocenters. The fourth-order valence-electron chi connectivity index (χ4n) is 1.85. The van der Waals surface area contributed by atoms with Crippen molar-refractivity contribution >= 4 is 28.7 Å². The molecule has 0 bridgehead atoms. The first-order valence-electron chi connectivity index (χ1n) is 6.61. The Morgan fingerprint density at radius 2 is 1.82 bits per heavy atom. The molecular formula is C16H16FN3OS. The summed E-state index contributed by atoms with van der Waals surface area (Å²) < 4.78 is 18.9. The van der Waals surface area contributed by atoms with Gasteiger partial charge in [0, 0.05) is 5.56 Å². The SMILES string of the molecule is COc1ccccc1NC(=S)N/N=C(\C)c1ccccc1F. The average Bonchev–Trinajstić information content (AvgIpc) is 2.53. The monoisotopic (exact) mass is 317 g/mol. The minimum absolute atomic E-state index is 0.292. The third-order valence-corrected chi connectivity index (χ3v) is 3.14. The van der Waals surface area contributed by atoms with Gasteiger partial charge in [-0.3, -0.25) is 5.43 Å². The molecule has 22 heavy (non-hydrogen) atoms. The lowest BCUT2D eigenvalue weighted by Gasteiger charge is -2.11. The Hall–Kier alpha value is -2.47. The van der Waals surface area contributed by atoms with Gasteiger partial charge >= 0.3 is 0 Å². The van der Waals surface area contributed by atoms with Crippen molar-refractivity contribution < 1.29 is 9.13 Å². The molecule has 0 spiro atoms. The Morgan fingerprint density at radius 3 is 2.55 bits per heavy atom. The molecule has 114 valence electrons. The molecule has 0 aliphatic heterocycles. The van der Waals surface area contributed by atoms with E-state index >= 15 is 0 Å². The molecule has 2 aromatic rings. The van der Waals surface area contributed by atoms with Gasteiger partial charge in [-0.25, -0.2) is 4.39 Å². The van der Waals surface area contributed by atoms with Crippen molar-refractivity contribution in [1.82, 2.24) is 5.43 Å². The number of rotatable bonds is 4. The quantitative estimate of drug-likeness (QED) is 0.514. The number of para-hydroxylation sites is 2. The fraction of sp³-hybridized carbons (Fsp3) is 0.125. The second kappa shape index (κ2) is 7.51. The average molecular weight is 317 g/mol. The predicted octanol–water partition coefficient (Wildman–Crippen LogP) is 3.54. The first kappa shape index (κ1) is 15.9. The lowest BCUT2D eigenvalue weighted by molar-refractivity contribution is 0.417. The second-order valence-electron chi connectivity index (χ2n) is 4.44. The van der Waals surface area contributed by atoms with Gasteiger partial charge in [0.25, 0.3) is 0 Å². The van der Waals surface area contributed by atoms with Crippen LogP contribution in [-0.4, -0.2) is 17.9 Å². The van der Waals surface area contributed by atoms with Crippen LogP contribution >= 0.6 is 12.2 Å². The molecule has 0 saturated heterocycles. The summed E-state index contributed by atoms with van der Waals surface area (Å²) in [5.41, 5.74) is 4.35. The first-order valence-corrected chi connectivity index (χ1v) is 7.02. The van der Waals surface area contributed by atoms with Crippen LogP contribution in [0.15, 0.2) is 53.6 Å². The van der Waals surface area contributed by atoms with Gasteiger partial charge in [-0.15, -0.1) is 0 Å². The normalized spacial score (nSPS) is 11.0. The van der Waals surface area contributed by atoms with E-state index in [0.717, 1.165) is 5.69 Å². The summed E-state index contributed by atoms with van der Waals surface area (Å²) in [6, 6.07) is 13.8. The van der Waals surface area contributed by atoms with Gasteiger partial charge in [-0.1, -0.05) is 30.3 Å². The standard InChI is InChI=1S/C16H16FN3OS/c1-11(12-7-3-4-8-13(12)17)19-20-16(22)18-14-9-5-6-10-15(14)21-2/h3-10H,1-2H3,(H2,18,20,22)/b19-11+. The molecule has 2 aromatic carbocycles. The number of hydrazone groups is 1. The smallest absolute Gasteiger partial charge is 0.191 e. The molecule has 0 heterocycles. The topological polar surface area (TPSA) is 45.6 Å². The van der Waals surface area contributed by atoms with Crippen LogP contribution in [0.2, 0.25) is 0 Å². The molecule has 4 nitrogen and oxygen atoms in total. The molecule has 0 aromatic heterocycles. The largest absolute Gasteiger partial charge is 0.495 e. The van der Waals surface area contributed by atoms with Gasteiger partial charge in [-0.05, 0) is 37.3 Å². The summed E-state index contributed by atoms with van der Waals surface area (Å²) in [6.07, 6.45) is 0. The molecule has 0 saturated carbocycles. The highest BCUT2D eigenvalue weighted by molar-refractivity contribution is 7.80. The Morgan fingerprint density at radius 1 is 1.14 bits per heavy atom. The number of nitrogens with one attached hydrogen (secondary N) is 2. The number of nitrogens with zero attached hydrogens (tertiary/aromatic N) is 1. The van der Waals surface area contributed by atoms with E-state index in [9.17, 15) is 4.39 Å². The summed E-state index contributed by atoms with van der Waals surface area (Å²) in [7, 11) is 1.58. The molecule has 0 aliphatic carbocycles. The van der Waals surface area contributed by atoms with E-state index in [0.29, 0.717) is 22.1 Å². The number of thiocarbonyl (C=S) groups is 1. The third kappa shape index (κ3) is 4.02. The van der Waals surface area contributed by atoms with Crippen molar-refractivity contribution in [2.75, 3.05) is 12.4 Å². The second-order valence-corrected chi connectivity index (χ2v) is 4.85. The van der Waals surface area contributed by atoms with Crippen molar-refractivity contribution in [1.29, 1.82) is 0 Å². The highest BCUT2D eigenvalue weighted by Crippen LogP contribution is 2.22. The summed E-state index contributed by atoms with van der Waals surface area (Å²) in [6.45, 7) is 1.71. The molecule has 2 rings (SSSR count). The Kier molecular flexibility index (Phi) is 5.43. The van der Waals surface area contributed by atoms with Crippen LogP contribution in [-0.2, 0) is 0 Å².